The van der Waals surface area contributed by atoms with Gasteiger partial charge in [-0.3, -0.25) is 4.55 Å². The molecule has 0 bridgehead atoms. The highest BCUT2D eigenvalue weighted by Gasteiger charge is 2.09. The van der Waals surface area contributed by atoms with Gasteiger partial charge in [0.15, 0.2) is 0 Å². The average Bonchev–Trinajstić information content (AvgIpc) is 1.91. The molecule has 0 amide bonds. The second kappa shape index (κ2) is 3.66. The van der Waals surface area contributed by atoms with Crippen LogP contribution in [0.2, 0.25) is 5.02 Å². The zero-order chi connectivity index (χ0) is 9.19. The van der Waals surface area contributed by atoms with Crippen molar-refractivity contribution in [3.8, 4) is 0 Å². The number of rotatable bonds is 2. The summed E-state index contributed by atoms with van der Waals surface area (Å²) < 4.78 is 29.3. The third kappa shape index (κ3) is 3.02. The molecule has 0 aromatic heterocycles. The molecule has 0 atom stereocenters. The van der Waals surface area contributed by atoms with Crippen molar-refractivity contribution < 1.29 is 13.0 Å². The Balaban J connectivity index is 2.98. The molecule has 3 nitrogen and oxygen atoms in total. The monoisotopic (exact) mass is 224 g/mol. The molecule has 0 spiro atoms. The Bertz CT molecular complexity index is 374. The summed E-state index contributed by atoms with van der Waals surface area (Å²) in [4.78, 5) is 0.321. The van der Waals surface area contributed by atoms with Crippen LogP contribution in [0, 0.1) is 0 Å². The first kappa shape index (κ1) is 9.85. The van der Waals surface area contributed by atoms with Crippen LogP contribution < -0.4 is 0 Å². The molecule has 1 aromatic rings. The lowest BCUT2D eigenvalue weighted by atomic mass is 10.4. The van der Waals surface area contributed by atoms with Gasteiger partial charge in [-0.2, -0.15) is 8.42 Å². The van der Waals surface area contributed by atoms with E-state index in [1.165, 1.54) is 6.07 Å². The van der Waals surface area contributed by atoms with Gasteiger partial charge in [0.25, 0.3) is 0 Å². The molecule has 0 saturated carbocycles. The minimum absolute atomic E-state index is 0.306. The van der Waals surface area contributed by atoms with E-state index in [0.717, 1.165) is 0 Å². The number of benzene rings is 1. The van der Waals surface area contributed by atoms with Gasteiger partial charge < -0.3 is 0 Å². The van der Waals surface area contributed by atoms with Gasteiger partial charge in [-0.05, 0) is 12.1 Å². The highest BCUT2D eigenvalue weighted by atomic mass is 35.5. The van der Waals surface area contributed by atoms with E-state index in [9.17, 15) is 8.42 Å². The Morgan fingerprint density at radius 1 is 1.33 bits per heavy atom. The molecule has 1 N–H and O–H groups in total. The molecule has 0 aliphatic rings. The summed E-state index contributed by atoms with van der Waals surface area (Å²) in [5.41, 5.74) is 0. The Labute approximate surface area is 78.9 Å². The van der Waals surface area contributed by atoms with Gasteiger partial charge in [-0.1, -0.05) is 23.7 Å². The number of halogens is 1. The molecule has 0 heterocycles. The summed E-state index contributed by atoms with van der Waals surface area (Å²) >= 11 is 5.63. The van der Waals surface area contributed by atoms with E-state index >= 15 is 0 Å². The highest BCUT2D eigenvalue weighted by Crippen LogP contribution is 2.29. The second-order valence-electron chi connectivity index (χ2n) is 1.94. The van der Waals surface area contributed by atoms with Crippen molar-refractivity contribution >= 4 is 31.5 Å². The summed E-state index contributed by atoms with van der Waals surface area (Å²) in [7, 11) is -3.74. The molecule has 1 aromatic carbocycles. The van der Waals surface area contributed by atoms with Gasteiger partial charge in [-0.25, -0.2) is 0 Å². The van der Waals surface area contributed by atoms with E-state index in [-0.39, 0.29) is 0 Å². The summed E-state index contributed by atoms with van der Waals surface area (Å²) in [5, 5.41) is 0.306. The summed E-state index contributed by atoms with van der Waals surface area (Å²) in [6.45, 7) is 0. The fourth-order valence-corrected chi connectivity index (χ4v) is 2.64. The SMILES string of the molecule is O=S(=O)(O)Sc1ccccc1Cl. The molecule has 0 radical (unpaired) electrons. The van der Waals surface area contributed by atoms with Crippen LogP contribution in [0.25, 0.3) is 0 Å². The Kier molecular flexibility index (Phi) is 3.00. The topological polar surface area (TPSA) is 54.4 Å². The van der Waals surface area contributed by atoms with Gasteiger partial charge in [0, 0.05) is 15.7 Å². The quantitative estimate of drug-likeness (QED) is 0.618. The van der Waals surface area contributed by atoms with Crippen LogP contribution in [-0.2, 0) is 9.15 Å². The molecule has 0 fully saturated rings. The van der Waals surface area contributed by atoms with Crippen LogP contribution in [-0.4, -0.2) is 13.0 Å². The maximum Gasteiger partial charge on any atom is 0.324 e. The molecule has 0 unspecified atom stereocenters. The van der Waals surface area contributed by atoms with Gasteiger partial charge in [0.05, 0.1) is 5.02 Å². The zero-order valence-electron chi connectivity index (χ0n) is 5.77. The predicted molar refractivity (Wildman–Crippen MR) is 48.9 cm³/mol. The van der Waals surface area contributed by atoms with Crippen molar-refractivity contribution in [1.82, 2.24) is 0 Å². The lowest BCUT2D eigenvalue weighted by molar-refractivity contribution is 0.503. The molecule has 0 aliphatic heterocycles. The maximum atomic E-state index is 10.4. The summed E-state index contributed by atoms with van der Waals surface area (Å²) in [6, 6.07) is 6.38. The minimum Gasteiger partial charge on any atom is -0.277 e. The maximum absolute atomic E-state index is 10.4. The van der Waals surface area contributed by atoms with E-state index in [4.69, 9.17) is 16.2 Å². The fourth-order valence-electron chi connectivity index (χ4n) is 0.626. The van der Waals surface area contributed by atoms with Crippen LogP contribution >= 0.6 is 22.4 Å². The second-order valence-corrected chi connectivity index (χ2v) is 5.57. The Hall–Kier alpha value is -0.230. The van der Waals surface area contributed by atoms with E-state index < -0.39 is 9.15 Å². The minimum atomic E-state index is -4.07. The third-order valence-electron chi connectivity index (χ3n) is 1.03. The van der Waals surface area contributed by atoms with Crippen molar-refractivity contribution in [3.05, 3.63) is 29.3 Å². The average molecular weight is 225 g/mol. The van der Waals surface area contributed by atoms with Crippen LogP contribution in [0.5, 0.6) is 0 Å². The Morgan fingerprint density at radius 2 is 1.92 bits per heavy atom. The molecular weight excluding hydrogens is 220 g/mol. The summed E-state index contributed by atoms with van der Waals surface area (Å²) in [5.74, 6) is 0. The lowest BCUT2D eigenvalue weighted by Crippen LogP contribution is -1.88. The molecule has 66 valence electrons. The van der Waals surface area contributed by atoms with Crippen molar-refractivity contribution in [2.75, 3.05) is 0 Å². The Morgan fingerprint density at radius 3 is 2.42 bits per heavy atom. The van der Waals surface area contributed by atoms with Crippen molar-refractivity contribution in [1.29, 1.82) is 0 Å². The first-order valence-electron chi connectivity index (χ1n) is 2.90. The highest BCUT2D eigenvalue weighted by molar-refractivity contribution is 8.70. The normalized spacial score (nSPS) is 11.5. The van der Waals surface area contributed by atoms with E-state index in [0.29, 0.717) is 20.7 Å². The standard InChI is InChI=1S/C6H5ClO3S2/c7-5-3-1-2-4-6(5)11-12(8,9)10/h1-4H,(H,8,9,10). The number of hydrogen-bond acceptors (Lipinski definition) is 3. The number of hydrogen-bond donors (Lipinski definition) is 1. The van der Waals surface area contributed by atoms with E-state index in [1.807, 2.05) is 0 Å². The smallest absolute Gasteiger partial charge is 0.277 e. The van der Waals surface area contributed by atoms with Gasteiger partial charge in [0.2, 0.25) is 0 Å². The molecule has 1 rings (SSSR count). The molecule has 12 heavy (non-hydrogen) atoms. The molecular formula is C6H5ClO3S2. The fraction of sp³-hybridized carbons (Fsp3) is 0. The van der Waals surface area contributed by atoms with Gasteiger partial charge in [0.1, 0.15) is 0 Å². The van der Waals surface area contributed by atoms with Crippen LogP contribution in [0.15, 0.2) is 29.2 Å². The molecule has 0 aliphatic carbocycles. The first-order valence-corrected chi connectivity index (χ1v) is 6.05. The zero-order valence-corrected chi connectivity index (χ0v) is 8.16. The predicted octanol–water partition coefficient (Wildman–Crippen LogP) is 2.23. The van der Waals surface area contributed by atoms with Crippen LogP contribution in [0.4, 0.5) is 0 Å². The molecule has 6 heteroatoms. The van der Waals surface area contributed by atoms with Gasteiger partial charge >= 0.3 is 9.15 Å². The van der Waals surface area contributed by atoms with Crippen molar-refractivity contribution in [2.45, 2.75) is 4.90 Å². The van der Waals surface area contributed by atoms with E-state index in [2.05, 4.69) is 0 Å². The third-order valence-corrected chi connectivity index (χ3v) is 3.39. The summed E-state index contributed by atoms with van der Waals surface area (Å²) in [6.07, 6.45) is 0. The lowest BCUT2D eigenvalue weighted by Gasteiger charge is -1.98. The first-order chi connectivity index (χ1) is 5.49. The molecule has 0 saturated heterocycles. The van der Waals surface area contributed by atoms with E-state index in [1.54, 1.807) is 18.2 Å². The van der Waals surface area contributed by atoms with Crippen molar-refractivity contribution in [3.63, 3.8) is 0 Å². The van der Waals surface area contributed by atoms with Crippen molar-refractivity contribution in [2.24, 2.45) is 0 Å². The van der Waals surface area contributed by atoms with Crippen LogP contribution in [0.3, 0.4) is 0 Å². The van der Waals surface area contributed by atoms with Crippen LogP contribution in [0.1, 0.15) is 0 Å². The largest absolute Gasteiger partial charge is 0.324 e. The van der Waals surface area contributed by atoms with Gasteiger partial charge in [-0.15, -0.1) is 0 Å².